The average Bonchev–Trinajstić information content (AvgIpc) is 3.06. The number of rotatable bonds is 4. The van der Waals surface area contributed by atoms with E-state index in [9.17, 15) is 19.7 Å². The topological polar surface area (TPSA) is 116 Å². The molecule has 1 N–H and O–H groups in total. The van der Waals surface area contributed by atoms with Gasteiger partial charge in [0.05, 0.1) is 11.5 Å². The molecule has 0 unspecified atom stereocenters. The Hall–Kier alpha value is -3.93. The van der Waals surface area contributed by atoms with E-state index in [-0.39, 0.29) is 23.4 Å². The molecule has 9 nitrogen and oxygen atoms in total. The van der Waals surface area contributed by atoms with E-state index < -0.39 is 16.2 Å². The predicted molar refractivity (Wildman–Crippen MR) is 96.5 cm³/mol. The highest BCUT2D eigenvalue weighted by Gasteiger charge is 2.14. The van der Waals surface area contributed by atoms with E-state index in [1.807, 2.05) is 0 Å². The number of nitro benzene ring substituents is 1. The zero-order valence-electron chi connectivity index (χ0n) is 13.7. The largest absolute Gasteiger partial charge is 0.333 e. The Morgan fingerprint density at radius 2 is 2.15 bits per heavy atom. The maximum Gasteiger partial charge on any atom is 0.333 e. The molecule has 9 heteroatoms. The number of aryl methyl sites for hydroxylation is 1. The number of benzene rings is 1. The van der Waals surface area contributed by atoms with Crippen LogP contribution in [-0.4, -0.2) is 24.0 Å². The van der Waals surface area contributed by atoms with Gasteiger partial charge in [-0.3, -0.25) is 19.5 Å². The lowest BCUT2D eigenvalue weighted by atomic mass is 10.2. The van der Waals surface area contributed by atoms with Crippen LogP contribution < -0.4 is 11.2 Å². The Balaban J connectivity index is 2.06. The van der Waals surface area contributed by atoms with E-state index in [2.05, 4.69) is 15.9 Å². The van der Waals surface area contributed by atoms with Crippen LogP contribution in [0.4, 0.5) is 5.69 Å². The predicted octanol–water partition coefficient (Wildman–Crippen LogP) is 1.14. The number of nitrogens with one attached hydrogen (secondary N) is 1. The summed E-state index contributed by atoms with van der Waals surface area (Å²) in [5, 5.41) is 10.8. The number of H-pyrrole nitrogens is 1. The molecule has 130 valence electrons. The molecule has 3 aromatic rings. The lowest BCUT2D eigenvalue weighted by Gasteiger charge is -2.03. The van der Waals surface area contributed by atoms with Gasteiger partial charge in [-0.25, -0.2) is 14.3 Å². The lowest BCUT2D eigenvalue weighted by molar-refractivity contribution is -0.384. The lowest BCUT2D eigenvalue weighted by Crippen LogP contribution is -2.38. The summed E-state index contributed by atoms with van der Waals surface area (Å²) in [5.74, 6) is 2.60. The highest BCUT2D eigenvalue weighted by molar-refractivity contribution is 5.75. The van der Waals surface area contributed by atoms with Crippen molar-refractivity contribution in [2.75, 3.05) is 0 Å². The van der Waals surface area contributed by atoms with Gasteiger partial charge >= 0.3 is 5.69 Å². The second kappa shape index (κ2) is 6.52. The number of aromatic amines is 1. The Kier molecular flexibility index (Phi) is 4.24. The normalized spacial score (nSPS) is 11.1. The first-order chi connectivity index (χ1) is 12.4. The Labute approximate surface area is 146 Å². The molecule has 0 aliphatic rings. The van der Waals surface area contributed by atoms with Crippen molar-refractivity contribution in [3.8, 4) is 12.3 Å². The molecule has 0 atom stereocenters. The fraction of sp³-hybridized carbons (Fsp3) is 0.118. The Morgan fingerprint density at radius 1 is 1.38 bits per heavy atom. The van der Waals surface area contributed by atoms with Crippen molar-refractivity contribution < 1.29 is 4.92 Å². The van der Waals surface area contributed by atoms with Gasteiger partial charge in [0.2, 0.25) is 0 Å². The number of hydrogen-bond acceptors (Lipinski definition) is 5. The zero-order chi connectivity index (χ0) is 18.8. The van der Waals surface area contributed by atoms with Crippen LogP contribution in [0.5, 0.6) is 0 Å². The van der Waals surface area contributed by atoms with E-state index in [1.165, 1.54) is 23.7 Å². The molecule has 26 heavy (non-hydrogen) atoms. The highest BCUT2D eigenvalue weighted by atomic mass is 16.6. The van der Waals surface area contributed by atoms with E-state index in [1.54, 1.807) is 24.3 Å². The SMILES string of the molecule is C#CCn1c(=O)c2[nH]c(/C=C/c3cccc([N+](=O)[O-])c3)nc2n(C)c1=O. The van der Waals surface area contributed by atoms with Gasteiger partial charge in [0.15, 0.2) is 5.65 Å². The molecule has 2 heterocycles. The molecule has 0 fully saturated rings. The van der Waals surface area contributed by atoms with Crippen LogP contribution in [0, 0.1) is 22.5 Å². The van der Waals surface area contributed by atoms with Crippen LogP contribution in [0.3, 0.4) is 0 Å². The van der Waals surface area contributed by atoms with Gasteiger partial charge < -0.3 is 4.98 Å². The summed E-state index contributed by atoms with van der Waals surface area (Å²) in [4.78, 5) is 42.0. The van der Waals surface area contributed by atoms with Crippen LogP contribution in [0.25, 0.3) is 23.3 Å². The van der Waals surface area contributed by atoms with Gasteiger partial charge in [0.25, 0.3) is 11.2 Å². The number of nitro groups is 1. The minimum absolute atomic E-state index is 0.0312. The van der Waals surface area contributed by atoms with E-state index in [0.29, 0.717) is 11.4 Å². The third-order valence-corrected chi connectivity index (χ3v) is 3.76. The molecule has 0 aliphatic carbocycles. The number of terminal acetylenes is 1. The van der Waals surface area contributed by atoms with Gasteiger partial charge in [-0.05, 0) is 11.6 Å². The maximum atomic E-state index is 12.4. The van der Waals surface area contributed by atoms with Crippen LogP contribution in [0.2, 0.25) is 0 Å². The second-order valence-electron chi connectivity index (χ2n) is 5.44. The zero-order valence-corrected chi connectivity index (χ0v) is 13.7. The fourth-order valence-corrected chi connectivity index (χ4v) is 2.49. The fourth-order valence-electron chi connectivity index (χ4n) is 2.49. The smallest absolute Gasteiger partial charge is 0.333 e. The van der Waals surface area contributed by atoms with Crippen molar-refractivity contribution in [1.29, 1.82) is 0 Å². The summed E-state index contributed by atoms with van der Waals surface area (Å²) in [7, 11) is 1.49. The first-order valence-corrected chi connectivity index (χ1v) is 7.48. The van der Waals surface area contributed by atoms with Crippen LogP contribution in [-0.2, 0) is 13.6 Å². The van der Waals surface area contributed by atoms with Crippen LogP contribution >= 0.6 is 0 Å². The molecular formula is C17H13N5O4. The molecule has 0 saturated carbocycles. The summed E-state index contributed by atoms with van der Waals surface area (Å²) in [6.07, 6.45) is 8.38. The average molecular weight is 351 g/mol. The maximum absolute atomic E-state index is 12.4. The highest BCUT2D eigenvalue weighted by Crippen LogP contribution is 2.15. The first-order valence-electron chi connectivity index (χ1n) is 7.48. The third-order valence-electron chi connectivity index (χ3n) is 3.76. The van der Waals surface area contributed by atoms with Crippen LogP contribution in [0.1, 0.15) is 11.4 Å². The van der Waals surface area contributed by atoms with Gasteiger partial charge in [-0.2, -0.15) is 0 Å². The summed E-state index contributed by atoms with van der Waals surface area (Å²) < 4.78 is 2.17. The third kappa shape index (κ3) is 2.91. The molecule has 3 rings (SSSR count). The number of aromatic nitrogens is 4. The van der Waals surface area contributed by atoms with Crippen molar-refractivity contribution in [2.45, 2.75) is 6.54 Å². The molecule has 0 bridgehead atoms. The molecule has 0 saturated heterocycles. The van der Waals surface area contributed by atoms with E-state index in [4.69, 9.17) is 6.42 Å². The van der Waals surface area contributed by atoms with Crippen molar-refractivity contribution in [1.82, 2.24) is 19.1 Å². The standard InChI is InChI=1S/C17H13N5O4/c1-3-9-21-16(23)14-15(20(2)17(21)24)19-13(18-14)8-7-11-5-4-6-12(10-11)22(25)26/h1,4-8,10H,9H2,2H3,(H,18,19)/b8-7+. The summed E-state index contributed by atoms with van der Waals surface area (Å²) in [5.41, 5.74) is -0.188. The second-order valence-corrected chi connectivity index (χ2v) is 5.44. The number of hydrogen-bond donors (Lipinski definition) is 1. The molecule has 0 aliphatic heterocycles. The van der Waals surface area contributed by atoms with Gasteiger partial charge in [0.1, 0.15) is 11.3 Å². The monoisotopic (exact) mass is 351 g/mol. The molecule has 2 aromatic heterocycles. The number of non-ortho nitro benzene ring substituents is 1. The Bertz CT molecular complexity index is 1210. The summed E-state index contributed by atoms with van der Waals surface area (Å²) >= 11 is 0. The van der Waals surface area contributed by atoms with Crippen molar-refractivity contribution in [3.05, 3.63) is 66.6 Å². The first kappa shape index (κ1) is 16.9. The molecule has 0 spiro atoms. The Morgan fingerprint density at radius 3 is 2.85 bits per heavy atom. The molecular weight excluding hydrogens is 338 g/mol. The summed E-state index contributed by atoms with van der Waals surface area (Å²) in [6.45, 7) is -0.140. The van der Waals surface area contributed by atoms with Crippen molar-refractivity contribution in [2.24, 2.45) is 7.05 Å². The van der Waals surface area contributed by atoms with E-state index >= 15 is 0 Å². The van der Waals surface area contributed by atoms with Crippen molar-refractivity contribution in [3.63, 3.8) is 0 Å². The number of fused-ring (bicyclic) bond motifs is 1. The minimum Gasteiger partial charge on any atom is -0.333 e. The number of imidazole rings is 1. The number of nitrogens with zero attached hydrogens (tertiary/aromatic N) is 4. The van der Waals surface area contributed by atoms with Crippen molar-refractivity contribution >= 4 is 29.0 Å². The molecule has 1 aromatic carbocycles. The molecule has 0 radical (unpaired) electrons. The quantitative estimate of drug-likeness (QED) is 0.430. The van der Waals surface area contributed by atoms with Gasteiger partial charge in [0, 0.05) is 19.2 Å². The minimum atomic E-state index is -0.554. The summed E-state index contributed by atoms with van der Waals surface area (Å²) in [6, 6.07) is 6.07. The van der Waals surface area contributed by atoms with Gasteiger partial charge in [-0.15, -0.1) is 6.42 Å². The van der Waals surface area contributed by atoms with Gasteiger partial charge in [-0.1, -0.05) is 24.1 Å². The van der Waals surface area contributed by atoms with E-state index in [0.717, 1.165) is 4.57 Å². The molecule has 0 amide bonds. The van der Waals surface area contributed by atoms with Crippen LogP contribution in [0.15, 0.2) is 33.9 Å².